The molecule has 5 nitrogen and oxygen atoms in total. The summed E-state index contributed by atoms with van der Waals surface area (Å²) in [4.78, 5) is 25.4. The SMILES string of the molecule is COC(=O)/C(=C(\C(=O)OC)c1ccc(-c2ccccc2)cc1)c1ccc(OC)cc1. The summed E-state index contributed by atoms with van der Waals surface area (Å²) in [5.41, 5.74) is 3.38. The number of rotatable bonds is 6. The Balaban J connectivity index is 2.16. The molecule has 0 amide bonds. The molecule has 3 aromatic carbocycles. The molecule has 3 rings (SSSR count). The van der Waals surface area contributed by atoms with Crippen molar-refractivity contribution < 1.29 is 23.8 Å². The highest BCUT2D eigenvalue weighted by atomic mass is 16.5. The van der Waals surface area contributed by atoms with Gasteiger partial charge in [0.1, 0.15) is 5.75 Å². The number of benzene rings is 3. The van der Waals surface area contributed by atoms with Gasteiger partial charge in [-0.25, -0.2) is 9.59 Å². The molecule has 0 unspecified atom stereocenters. The Bertz CT molecular complexity index is 1050. The van der Waals surface area contributed by atoms with Crippen molar-refractivity contribution >= 4 is 23.1 Å². The largest absolute Gasteiger partial charge is 0.497 e. The van der Waals surface area contributed by atoms with Crippen LogP contribution in [0.15, 0.2) is 78.9 Å². The Morgan fingerprint density at radius 3 is 1.43 bits per heavy atom. The molecule has 3 aromatic rings. The number of carbonyl (C=O) groups excluding carboxylic acids is 2. The molecule has 0 aromatic heterocycles. The van der Waals surface area contributed by atoms with Crippen LogP contribution in [0.5, 0.6) is 5.75 Å². The van der Waals surface area contributed by atoms with Crippen LogP contribution in [-0.4, -0.2) is 33.3 Å². The van der Waals surface area contributed by atoms with Crippen LogP contribution in [0.2, 0.25) is 0 Å². The van der Waals surface area contributed by atoms with Gasteiger partial charge in [-0.15, -0.1) is 0 Å². The summed E-state index contributed by atoms with van der Waals surface area (Å²) in [6.07, 6.45) is 0. The third kappa shape index (κ3) is 4.41. The molecule has 152 valence electrons. The van der Waals surface area contributed by atoms with E-state index in [4.69, 9.17) is 14.2 Å². The average Bonchev–Trinajstić information content (AvgIpc) is 2.82. The fraction of sp³-hybridized carbons (Fsp3) is 0.120. The lowest BCUT2D eigenvalue weighted by Gasteiger charge is -2.14. The number of esters is 2. The molecule has 0 atom stereocenters. The molecule has 0 aliphatic heterocycles. The number of methoxy groups -OCH3 is 3. The Hall–Kier alpha value is -3.86. The predicted octanol–water partition coefficient (Wildman–Crippen LogP) is 4.62. The third-order valence-corrected chi connectivity index (χ3v) is 4.69. The molecule has 0 aliphatic carbocycles. The van der Waals surface area contributed by atoms with Crippen molar-refractivity contribution in [3.63, 3.8) is 0 Å². The first kappa shape index (κ1) is 20.9. The highest BCUT2D eigenvalue weighted by Crippen LogP contribution is 2.31. The van der Waals surface area contributed by atoms with Crippen LogP contribution in [0.25, 0.3) is 22.3 Å². The zero-order valence-corrected chi connectivity index (χ0v) is 17.0. The zero-order chi connectivity index (χ0) is 21.5. The van der Waals surface area contributed by atoms with Crippen molar-refractivity contribution in [1.82, 2.24) is 0 Å². The zero-order valence-electron chi connectivity index (χ0n) is 17.0. The number of ether oxygens (including phenoxy) is 3. The van der Waals surface area contributed by atoms with Crippen molar-refractivity contribution in [2.24, 2.45) is 0 Å². The number of carbonyl (C=O) groups is 2. The second kappa shape index (κ2) is 9.56. The highest BCUT2D eigenvalue weighted by Gasteiger charge is 2.25. The Labute approximate surface area is 175 Å². The molecule has 0 bridgehead atoms. The maximum atomic E-state index is 12.7. The molecular weight excluding hydrogens is 380 g/mol. The first-order chi connectivity index (χ1) is 14.6. The van der Waals surface area contributed by atoms with Gasteiger partial charge < -0.3 is 14.2 Å². The second-order valence-corrected chi connectivity index (χ2v) is 6.41. The van der Waals surface area contributed by atoms with Gasteiger partial charge in [-0.1, -0.05) is 66.7 Å². The van der Waals surface area contributed by atoms with Crippen LogP contribution >= 0.6 is 0 Å². The minimum absolute atomic E-state index is 0.125. The van der Waals surface area contributed by atoms with Gasteiger partial charge in [-0.05, 0) is 34.4 Å². The second-order valence-electron chi connectivity index (χ2n) is 6.41. The van der Waals surface area contributed by atoms with Crippen molar-refractivity contribution in [3.8, 4) is 16.9 Å². The molecule has 0 spiro atoms. The Morgan fingerprint density at radius 1 is 0.567 bits per heavy atom. The van der Waals surface area contributed by atoms with Crippen LogP contribution in [0.3, 0.4) is 0 Å². The van der Waals surface area contributed by atoms with Gasteiger partial charge in [0.25, 0.3) is 0 Å². The van der Waals surface area contributed by atoms with E-state index in [1.165, 1.54) is 14.2 Å². The van der Waals surface area contributed by atoms with Gasteiger partial charge in [-0.3, -0.25) is 0 Å². The molecule has 30 heavy (non-hydrogen) atoms. The van der Waals surface area contributed by atoms with E-state index in [1.54, 1.807) is 43.5 Å². The third-order valence-electron chi connectivity index (χ3n) is 4.69. The molecule has 0 radical (unpaired) electrons. The van der Waals surface area contributed by atoms with Gasteiger partial charge in [-0.2, -0.15) is 0 Å². The van der Waals surface area contributed by atoms with Gasteiger partial charge in [0, 0.05) is 0 Å². The molecule has 0 N–H and O–H groups in total. The molecule has 5 heteroatoms. The standard InChI is InChI=1S/C25H22O5/c1-28-21-15-13-20(14-16-21)23(25(27)30-3)22(24(26)29-2)19-11-9-18(10-12-19)17-7-5-4-6-8-17/h4-16H,1-3H3/b23-22-. The van der Waals surface area contributed by atoms with Crippen molar-refractivity contribution in [1.29, 1.82) is 0 Å². The fourth-order valence-corrected chi connectivity index (χ4v) is 3.15. The van der Waals surface area contributed by atoms with Crippen LogP contribution < -0.4 is 4.74 Å². The molecule has 0 heterocycles. The minimum Gasteiger partial charge on any atom is -0.497 e. The number of hydrogen-bond donors (Lipinski definition) is 0. The molecular formula is C25H22O5. The summed E-state index contributed by atoms with van der Waals surface area (Å²) in [6, 6.07) is 24.1. The normalized spacial score (nSPS) is 11.3. The summed E-state index contributed by atoms with van der Waals surface area (Å²) < 4.78 is 15.2. The van der Waals surface area contributed by atoms with Crippen molar-refractivity contribution in [2.45, 2.75) is 0 Å². The fourth-order valence-electron chi connectivity index (χ4n) is 3.15. The van der Waals surface area contributed by atoms with E-state index in [2.05, 4.69) is 0 Å². The minimum atomic E-state index is -0.632. The topological polar surface area (TPSA) is 61.8 Å². The Morgan fingerprint density at radius 2 is 1.00 bits per heavy atom. The average molecular weight is 402 g/mol. The van der Waals surface area contributed by atoms with E-state index in [-0.39, 0.29) is 11.1 Å². The first-order valence-corrected chi connectivity index (χ1v) is 9.30. The first-order valence-electron chi connectivity index (χ1n) is 9.30. The van der Waals surface area contributed by atoms with Gasteiger partial charge in [0.05, 0.1) is 32.5 Å². The monoisotopic (exact) mass is 402 g/mol. The summed E-state index contributed by atoms with van der Waals surface area (Å²) in [5.74, 6) is -0.624. The molecule has 0 fully saturated rings. The smallest absolute Gasteiger partial charge is 0.339 e. The van der Waals surface area contributed by atoms with E-state index in [1.807, 2.05) is 42.5 Å². The van der Waals surface area contributed by atoms with E-state index < -0.39 is 11.9 Å². The number of hydrogen-bond acceptors (Lipinski definition) is 5. The van der Waals surface area contributed by atoms with Crippen molar-refractivity contribution in [2.75, 3.05) is 21.3 Å². The highest BCUT2D eigenvalue weighted by molar-refractivity contribution is 6.37. The Kier molecular flexibility index (Phi) is 6.65. The van der Waals surface area contributed by atoms with Crippen molar-refractivity contribution in [3.05, 3.63) is 90.0 Å². The summed E-state index contributed by atoms with van der Waals surface area (Å²) in [7, 11) is 4.11. The maximum Gasteiger partial charge on any atom is 0.339 e. The maximum absolute atomic E-state index is 12.7. The van der Waals surface area contributed by atoms with E-state index >= 15 is 0 Å². The molecule has 0 aliphatic rings. The lowest BCUT2D eigenvalue weighted by Crippen LogP contribution is -2.13. The lowest BCUT2D eigenvalue weighted by molar-refractivity contribution is -0.135. The van der Waals surface area contributed by atoms with Crippen LogP contribution in [-0.2, 0) is 19.1 Å². The lowest BCUT2D eigenvalue weighted by atomic mass is 9.93. The van der Waals surface area contributed by atoms with E-state index in [0.717, 1.165) is 11.1 Å². The van der Waals surface area contributed by atoms with Gasteiger partial charge in [0.2, 0.25) is 0 Å². The van der Waals surface area contributed by atoms with E-state index in [0.29, 0.717) is 16.9 Å². The summed E-state index contributed by atoms with van der Waals surface area (Å²) in [6.45, 7) is 0. The van der Waals surface area contributed by atoms with Gasteiger partial charge in [0.15, 0.2) is 0 Å². The van der Waals surface area contributed by atoms with Crippen LogP contribution in [0, 0.1) is 0 Å². The van der Waals surface area contributed by atoms with Gasteiger partial charge >= 0.3 is 11.9 Å². The van der Waals surface area contributed by atoms with Crippen LogP contribution in [0.4, 0.5) is 0 Å². The summed E-state index contributed by atoms with van der Waals surface area (Å²) in [5, 5.41) is 0. The quantitative estimate of drug-likeness (QED) is 0.342. The predicted molar refractivity (Wildman–Crippen MR) is 116 cm³/mol. The van der Waals surface area contributed by atoms with Crippen LogP contribution in [0.1, 0.15) is 11.1 Å². The molecule has 0 saturated heterocycles. The summed E-state index contributed by atoms with van der Waals surface area (Å²) >= 11 is 0. The van der Waals surface area contributed by atoms with E-state index in [9.17, 15) is 9.59 Å². The molecule has 0 saturated carbocycles.